The SMILES string of the molecule is CN(C)CC(O)CN1CCCn2c1nc1c2c(=O)n(C)c(=O)n1C. The topological polar surface area (TPSA) is 88.5 Å². The van der Waals surface area contributed by atoms with Gasteiger partial charge in [-0.25, -0.2) is 4.79 Å². The molecule has 1 unspecified atom stereocenters. The molecule has 0 aromatic carbocycles. The zero-order chi connectivity index (χ0) is 17.6. The highest BCUT2D eigenvalue weighted by Gasteiger charge is 2.26. The molecular weight excluding hydrogens is 312 g/mol. The van der Waals surface area contributed by atoms with E-state index in [1.807, 2.05) is 28.5 Å². The second-order valence-corrected chi connectivity index (χ2v) is 6.66. The van der Waals surface area contributed by atoms with Gasteiger partial charge in [0.05, 0.1) is 6.10 Å². The van der Waals surface area contributed by atoms with E-state index in [1.54, 1.807) is 7.05 Å². The van der Waals surface area contributed by atoms with E-state index in [0.29, 0.717) is 36.7 Å². The minimum atomic E-state index is -0.516. The first-order chi connectivity index (χ1) is 11.3. The van der Waals surface area contributed by atoms with Gasteiger partial charge in [0.2, 0.25) is 5.95 Å². The van der Waals surface area contributed by atoms with Crippen LogP contribution in [-0.2, 0) is 20.6 Å². The van der Waals surface area contributed by atoms with E-state index in [0.717, 1.165) is 17.5 Å². The molecule has 1 N–H and O–H groups in total. The van der Waals surface area contributed by atoms with Crippen molar-refractivity contribution < 1.29 is 5.11 Å². The molecule has 1 aliphatic heterocycles. The fraction of sp³-hybridized carbons (Fsp3) is 0.667. The van der Waals surface area contributed by atoms with Crippen LogP contribution in [0.15, 0.2) is 9.59 Å². The summed E-state index contributed by atoms with van der Waals surface area (Å²) in [6, 6.07) is 0. The Labute approximate surface area is 139 Å². The number of aliphatic hydroxyl groups is 1. The van der Waals surface area contributed by atoms with Crippen molar-refractivity contribution in [1.82, 2.24) is 23.6 Å². The molecule has 9 nitrogen and oxygen atoms in total. The third-order valence-electron chi connectivity index (χ3n) is 4.43. The third-order valence-corrected chi connectivity index (χ3v) is 4.43. The van der Waals surface area contributed by atoms with Gasteiger partial charge in [-0.2, -0.15) is 4.98 Å². The maximum absolute atomic E-state index is 12.5. The number of likely N-dealkylation sites (N-methyl/N-ethyl adjacent to an activating group) is 1. The van der Waals surface area contributed by atoms with Crippen LogP contribution in [0.2, 0.25) is 0 Å². The first-order valence-electron chi connectivity index (χ1n) is 8.05. The van der Waals surface area contributed by atoms with Crippen molar-refractivity contribution in [3.8, 4) is 0 Å². The molecule has 0 fully saturated rings. The van der Waals surface area contributed by atoms with E-state index in [2.05, 4.69) is 4.98 Å². The largest absolute Gasteiger partial charge is 0.390 e. The smallest absolute Gasteiger partial charge is 0.332 e. The second kappa shape index (κ2) is 6.06. The van der Waals surface area contributed by atoms with Gasteiger partial charge in [0.15, 0.2) is 11.2 Å². The highest BCUT2D eigenvalue weighted by atomic mass is 16.3. The number of aryl methyl sites for hydroxylation is 2. The lowest BCUT2D eigenvalue weighted by Gasteiger charge is -2.31. The lowest BCUT2D eigenvalue weighted by Crippen LogP contribution is -2.42. The van der Waals surface area contributed by atoms with E-state index >= 15 is 0 Å². The van der Waals surface area contributed by atoms with Crippen molar-refractivity contribution >= 4 is 17.1 Å². The predicted molar refractivity (Wildman–Crippen MR) is 91.6 cm³/mol. The summed E-state index contributed by atoms with van der Waals surface area (Å²) in [6.07, 6.45) is 0.345. The summed E-state index contributed by atoms with van der Waals surface area (Å²) in [7, 11) is 6.92. The number of rotatable bonds is 4. The van der Waals surface area contributed by atoms with Gasteiger partial charge in [-0.1, -0.05) is 0 Å². The predicted octanol–water partition coefficient (Wildman–Crippen LogP) is -1.43. The molecule has 3 heterocycles. The first kappa shape index (κ1) is 16.7. The normalized spacial score (nSPS) is 16.0. The molecule has 0 amide bonds. The summed E-state index contributed by atoms with van der Waals surface area (Å²) < 4.78 is 4.37. The van der Waals surface area contributed by atoms with Crippen molar-refractivity contribution in [2.45, 2.75) is 19.1 Å². The number of nitrogens with zero attached hydrogens (tertiary/aromatic N) is 6. The Bertz CT molecular complexity index is 878. The van der Waals surface area contributed by atoms with Gasteiger partial charge < -0.3 is 19.5 Å². The minimum absolute atomic E-state index is 0.331. The van der Waals surface area contributed by atoms with E-state index in [-0.39, 0.29) is 11.2 Å². The maximum Gasteiger partial charge on any atom is 0.332 e. The van der Waals surface area contributed by atoms with E-state index in [1.165, 1.54) is 11.6 Å². The Hall–Kier alpha value is -2.13. The van der Waals surface area contributed by atoms with Gasteiger partial charge in [-0.05, 0) is 20.5 Å². The van der Waals surface area contributed by atoms with Crippen LogP contribution < -0.4 is 16.1 Å². The minimum Gasteiger partial charge on any atom is -0.390 e. The van der Waals surface area contributed by atoms with E-state index in [9.17, 15) is 14.7 Å². The molecule has 3 rings (SSSR count). The van der Waals surface area contributed by atoms with Crippen molar-refractivity contribution in [3.05, 3.63) is 20.8 Å². The Morgan fingerprint density at radius 2 is 1.92 bits per heavy atom. The van der Waals surface area contributed by atoms with E-state index in [4.69, 9.17) is 0 Å². The van der Waals surface area contributed by atoms with Gasteiger partial charge in [0.25, 0.3) is 5.56 Å². The Kier molecular flexibility index (Phi) is 4.22. The summed E-state index contributed by atoms with van der Waals surface area (Å²) in [6.45, 7) is 2.44. The summed E-state index contributed by atoms with van der Waals surface area (Å²) in [5.74, 6) is 0.646. The van der Waals surface area contributed by atoms with Gasteiger partial charge in [0.1, 0.15) is 0 Å². The van der Waals surface area contributed by atoms with Gasteiger partial charge >= 0.3 is 5.69 Å². The van der Waals surface area contributed by atoms with Crippen molar-refractivity contribution in [1.29, 1.82) is 0 Å². The van der Waals surface area contributed by atoms with Crippen molar-refractivity contribution in [2.75, 3.05) is 38.6 Å². The molecule has 9 heteroatoms. The van der Waals surface area contributed by atoms with E-state index < -0.39 is 6.10 Å². The van der Waals surface area contributed by atoms with Gasteiger partial charge in [0, 0.05) is 40.3 Å². The average molecular weight is 336 g/mol. The molecular formula is C15H24N6O3. The zero-order valence-corrected chi connectivity index (χ0v) is 14.6. The van der Waals surface area contributed by atoms with Crippen LogP contribution in [0.25, 0.3) is 11.2 Å². The molecule has 0 spiro atoms. The Morgan fingerprint density at radius 1 is 1.21 bits per heavy atom. The van der Waals surface area contributed by atoms with Crippen LogP contribution >= 0.6 is 0 Å². The molecule has 0 saturated carbocycles. The fourth-order valence-corrected chi connectivity index (χ4v) is 3.31. The number of aliphatic hydroxyl groups excluding tert-OH is 1. The number of aromatic nitrogens is 4. The molecule has 0 saturated heterocycles. The molecule has 0 bridgehead atoms. The Morgan fingerprint density at radius 3 is 2.58 bits per heavy atom. The summed E-state index contributed by atoms with van der Waals surface area (Å²) in [5, 5.41) is 10.2. The van der Waals surface area contributed by atoms with Gasteiger partial charge in [-0.3, -0.25) is 13.9 Å². The van der Waals surface area contributed by atoms with Crippen molar-refractivity contribution in [3.63, 3.8) is 0 Å². The van der Waals surface area contributed by atoms with Crippen LogP contribution in [0.1, 0.15) is 6.42 Å². The molecule has 132 valence electrons. The molecule has 1 aliphatic rings. The number of fused-ring (bicyclic) bond motifs is 3. The fourth-order valence-electron chi connectivity index (χ4n) is 3.31. The van der Waals surface area contributed by atoms with Crippen LogP contribution in [0.5, 0.6) is 0 Å². The summed E-state index contributed by atoms with van der Waals surface area (Å²) in [4.78, 5) is 33.1. The molecule has 24 heavy (non-hydrogen) atoms. The lowest BCUT2D eigenvalue weighted by atomic mass is 10.2. The lowest BCUT2D eigenvalue weighted by molar-refractivity contribution is 0.140. The highest BCUT2D eigenvalue weighted by molar-refractivity contribution is 5.74. The number of hydrogen-bond donors (Lipinski definition) is 1. The maximum atomic E-state index is 12.5. The quantitative estimate of drug-likeness (QED) is 0.736. The third kappa shape index (κ3) is 2.63. The first-order valence-corrected chi connectivity index (χ1v) is 8.05. The van der Waals surface area contributed by atoms with Crippen LogP contribution in [0.4, 0.5) is 5.95 Å². The molecule has 2 aromatic rings. The van der Waals surface area contributed by atoms with Gasteiger partial charge in [-0.15, -0.1) is 0 Å². The van der Waals surface area contributed by atoms with Crippen LogP contribution in [0, 0.1) is 0 Å². The summed E-state index contributed by atoms with van der Waals surface area (Å²) in [5.41, 5.74) is 0.123. The average Bonchev–Trinajstić information content (AvgIpc) is 2.91. The molecule has 0 radical (unpaired) electrons. The number of hydrogen-bond acceptors (Lipinski definition) is 6. The second-order valence-electron chi connectivity index (χ2n) is 6.66. The Balaban J connectivity index is 2.09. The number of imidazole rings is 1. The molecule has 1 atom stereocenters. The number of β-amino-alcohol motifs (C(OH)–C–C–N with tert-alkyl or cyclic N) is 1. The van der Waals surface area contributed by atoms with Crippen LogP contribution in [-0.4, -0.2) is 68.5 Å². The molecule has 2 aromatic heterocycles. The van der Waals surface area contributed by atoms with Crippen LogP contribution in [0.3, 0.4) is 0 Å². The molecule has 0 aliphatic carbocycles. The standard InChI is InChI=1S/C15H24N6O3/c1-17(2)8-10(22)9-20-6-5-7-21-11-12(16-14(20)21)18(3)15(24)19(4)13(11)23/h10,22H,5-9H2,1-4H3. The summed E-state index contributed by atoms with van der Waals surface area (Å²) >= 11 is 0. The highest BCUT2D eigenvalue weighted by Crippen LogP contribution is 2.24. The monoisotopic (exact) mass is 336 g/mol. The number of anilines is 1. The zero-order valence-electron chi connectivity index (χ0n) is 14.6. The van der Waals surface area contributed by atoms with Crippen molar-refractivity contribution in [2.24, 2.45) is 14.1 Å².